The lowest BCUT2D eigenvalue weighted by molar-refractivity contribution is -0.136. The molecule has 2 saturated heterocycles. The highest BCUT2D eigenvalue weighted by molar-refractivity contribution is 8.18. The van der Waals surface area contributed by atoms with Crippen molar-refractivity contribution >= 4 is 40.6 Å². The van der Waals surface area contributed by atoms with Crippen molar-refractivity contribution in [2.24, 2.45) is 0 Å². The number of thioether (sulfide) groups is 1. The molecule has 44 heavy (non-hydrogen) atoms. The number of imide groups is 1. The van der Waals surface area contributed by atoms with Gasteiger partial charge in [-0.05, 0) is 85.3 Å². The summed E-state index contributed by atoms with van der Waals surface area (Å²) < 4.78 is 8.04. The van der Waals surface area contributed by atoms with Crippen molar-refractivity contribution in [2.75, 3.05) is 37.6 Å². The molecule has 2 aliphatic rings. The van der Waals surface area contributed by atoms with Crippen LogP contribution in [0.3, 0.4) is 0 Å². The number of rotatable bonds is 8. The van der Waals surface area contributed by atoms with Gasteiger partial charge in [0.15, 0.2) is 0 Å². The second kappa shape index (κ2) is 12.9. The van der Waals surface area contributed by atoms with Crippen LogP contribution in [0.5, 0.6) is 5.75 Å². The molecule has 0 unspecified atom stereocenters. The Morgan fingerprint density at radius 3 is 2.18 bits per heavy atom. The molecule has 0 N–H and O–H groups in total. The van der Waals surface area contributed by atoms with E-state index in [9.17, 15) is 14.4 Å². The van der Waals surface area contributed by atoms with Gasteiger partial charge in [0.2, 0.25) is 5.91 Å². The van der Waals surface area contributed by atoms with Crippen LogP contribution in [0.2, 0.25) is 0 Å². The van der Waals surface area contributed by atoms with Gasteiger partial charge >= 0.3 is 0 Å². The van der Waals surface area contributed by atoms with Crippen LogP contribution in [0.15, 0.2) is 95.9 Å². The van der Waals surface area contributed by atoms with Gasteiger partial charge in [-0.15, -0.1) is 0 Å². The fourth-order valence-electron chi connectivity index (χ4n) is 5.63. The van der Waals surface area contributed by atoms with Gasteiger partial charge in [0.05, 0.1) is 4.91 Å². The predicted octanol–water partition coefficient (Wildman–Crippen LogP) is 6.06. The fraction of sp³-hybridized carbons (Fsp3) is 0.229. The van der Waals surface area contributed by atoms with Gasteiger partial charge in [0, 0.05) is 48.9 Å². The minimum absolute atomic E-state index is 0.212. The molecule has 3 amide bonds. The van der Waals surface area contributed by atoms with E-state index in [1.807, 2.05) is 92.7 Å². The molecular weight excluding hydrogens is 572 g/mol. The Morgan fingerprint density at radius 1 is 0.841 bits per heavy atom. The zero-order valence-electron chi connectivity index (χ0n) is 24.8. The monoisotopic (exact) mass is 606 g/mol. The number of piperazine rings is 1. The smallest absolute Gasteiger partial charge is 0.294 e. The summed E-state index contributed by atoms with van der Waals surface area (Å²) in [7, 11) is 0. The zero-order valence-corrected chi connectivity index (χ0v) is 25.6. The van der Waals surface area contributed by atoms with E-state index in [0.717, 1.165) is 56.3 Å². The Bertz CT molecular complexity index is 1690. The molecule has 1 aromatic heterocycles. The number of para-hydroxylation sites is 1. The van der Waals surface area contributed by atoms with Gasteiger partial charge in [-0.2, -0.15) is 0 Å². The Labute approximate surface area is 261 Å². The van der Waals surface area contributed by atoms with Crippen LogP contribution in [0.4, 0.5) is 10.5 Å². The first-order chi connectivity index (χ1) is 21.4. The van der Waals surface area contributed by atoms with Crippen molar-refractivity contribution in [3.63, 3.8) is 0 Å². The van der Waals surface area contributed by atoms with Crippen LogP contribution in [0.1, 0.15) is 22.5 Å². The summed E-state index contributed by atoms with van der Waals surface area (Å²) in [4.78, 5) is 44.5. The van der Waals surface area contributed by atoms with Gasteiger partial charge in [-0.25, -0.2) is 0 Å². The van der Waals surface area contributed by atoms with E-state index < -0.39 is 11.1 Å². The number of ether oxygens (including phenoxy) is 1. The summed E-state index contributed by atoms with van der Waals surface area (Å²) in [5.41, 5.74) is 5.99. The maximum atomic E-state index is 13.3. The molecule has 3 aromatic carbocycles. The largest absolute Gasteiger partial charge is 0.489 e. The van der Waals surface area contributed by atoms with Crippen molar-refractivity contribution in [1.29, 1.82) is 0 Å². The number of nitrogens with zero attached hydrogens (tertiary/aromatic N) is 4. The molecule has 0 atom stereocenters. The average Bonchev–Trinajstić information content (AvgIpc) is 3.49. The Hall–Kier alpha value is -4.76. The van der Waals surface area contributed by atoms with Gasteiger partial charge in [0.25, 0.3) is 11.1 Å². The quantitative estimate of drug-likeness (QED) is 0.227. The molecular formula is C35H34N4O4S. The molecule has 224 valence electrons. The summed E-state index contributed by atoms with van der Waals surface area (Å²) in [5.74, 6) is 0.137. The lowest BCUT2D eigenvalue weighted by Gasteiger charge is -2.36. The molecule has 0 radical (unpaired) electrons. The zero-order chi connectivity index (χ0) is 30.6. The van der Waals surface area contributed by atoms with Crippen LogP contribution in [0.25, 0.3) is 11.8 Å². The van der Waals surface area contributed by atoms with Crippen molar-refractivity contribution in [2.45, 2.75) is 20.5 Å². The summed E-state index contributed by atoms with van der Waals surface area (Å²) in [5, 5.41) is -0.419. The Morgan fingerprint density at radius 2 is 1.50 bits per heavy atom. The van der Waals surface area contributed by atoms with Crippen molar-refractivity contribution in [3.8, 4) is 11.4 Å². The highest BCUT2D eigenvalue weighted by Gasteiger charge is 2.37. The number of aromatic nitrogens is 1. The lowest BCUT2D eigenvalue weighted by atomic mass is 10.2. The topological polar surface area (TPSA) is 75.1 Å². The van der Waals surface area contributed by atoms with E-state index in [1.54, 1.807) is 11.0 Å². The third kappa shape index (κ3) is 6.28. The number of hydrogen-bond acceptors (Lipinski definition) is 6. The molecule has 0 bridgehead atoms. The highest BCUT2D eigenvalue weighted by Crippen LogP contribution is 2.34. The molecule has 8 nitrogen and oxygen atoms in total. The second-order valence-electron chi connectivity index (χ2n) is 10.9. The second-order valence-corrected chi connectivity index (χ2v) is 11.9. The Balaban J connectivity index is 1.09. The molecule has 2 aliphatic heterocycles. The SMILES string of the molecule is Cc1cc(/C=C2/SC(=O)N(CC(=O)N3CCN(c4ccccc4)CC3)C2=O)c(C)n1-c1ccc(OCc2ccccc2)cc1. The normalized spacial score (nSPS) is 16.2. The number of carbonyl (C=O) groups excluding carboxylic acids is 3. The van der Waals surface area contributed by atoms with E-state index in [2.05, 4.69) is 21.6 Å². The minimum atomic E-state index is -0.430. The number of aryl methyl sites for hydroxylation is 1. The summed E-state index contributed by atoms with van der Waals surface area (Å²) >= 11 is 0.882. The maximum Gasteiger partial charge on any atom is 0.294 e. The predicted molar refractivity (Wildman–Crippen MR) is 174 cm³/mol. The minimum Gasteiger partial charge on any atom is -0.489 e. The van der Waals surface area contributed by atoms with E-state index in [1.165, 1.54) is 0 Å². The first kappa shape index (κ1) is 29.3. The third-order valence-electron chi connectivity index (χ3n) is 8.02. The highest BCUT2D eigenvalue weighted by atomic mass is 32.2. The summed E-state index contributed by atoms with van der Waals surface area (Å²) in [6, 6.07) is 30.0. The first-order valence-corrected chi connectivity index (χ1v) is 15.5. The molecule has 0 aliphatic carbocycles. The summed E-state index contributed by atoms with van der Waals surface area (Å²) in [6.07, 6.45) is 1.75. The first-order valence-electron chi connectivity index (χ1n) is 14.7. The number of amides is 3. The number of benzene rings is 3. The van der Waals surface area contributed by atoms with Crippen LogP contribution < -0.4 is 9.64 Å². The van der Waals surface area contributed by atoms with E-state index in [-0.39, 0.29) is 12.5 Å². The van der Waals surface area contributed by atoms with Crippen LogP contribution >= 0.6 is 11.8 Å². The molecule has 4 aromatic rings. The number of carbonyl (C=O) groups is 3. The molecule has 6 rings (SSSR count). The van der Waals surface area contributed by atoms with Gasteiger partial charge in [-0.3, -0.25) is 19.3 Å². The van der Waals surface area contributed by atoms with Gasteiger partial charge < -0.3 is 19.1 Å². The standard InChI is InChI=1S/C35H34N4O4S/c1-25-21-28(26(2)39(25)30-13-15-31(16-14-30)43-24-27-9-5-3-6-10-27)22-32-34(41)38(35(42)44-32)23-33(40)37-19-17-36(18-20-37)29-11-7-4-8-12-29/h3-16,21-22H,17-20,23-24H2,1-2H3/b32-22+. The molecule has 9 heteroatoms. The lowest BCUT2D eigenvalue weighted by Crippen LogP contribution is -2.51. The Kier molecular flexibility index (Phi) is 8.56. The number of hydrogen-bond donors (Lipinski definition) is 0. The third-order valence-corrected chi connectivity index (χ3v) is 8.93. The maximum absolute atomic E-state index is 13.3. The van der Waals surface area contributed by atoms with Crippen molar-refractivity contribution < 1.29 is 19.1 Å². The molecule has 3 heterocycles. The number of anilines is 1. The average molecular weight is 607 g/mol. The van der Waals surface area contributed by atoms with Crippen LogP contribution in [-0.4, -0.2) is 64.1 Å². The van der Waals surface area contributed by atoms with Gasteiger partial charge in [-0.1, -0.05) is 48.5 Å². The molecule has 0 spiro atoms. The van der Waals surface area contributed by atoms with E-state index in [0.29, 0.717) is 37.7 Å². The molecule has 0 saturated carbocycles. The van der Waals surface area contributed by atoms with Crippen LogP contribution in [-0.2, 0) is 16.2 Å². The molecule has 2 fully saturated rings. The fourth-order valence-corrected chi connectivity index (χ4v) is 6.46. The van der Waals surface area contributed by atoms with Crippen molar-refractivity contribution in [1.82, 2.24) is 14.4 Å². The van der Waals surface area contributed by atoms with Gasteiger partial charge in [0.1, 0.15) is 18.9 Å². The van der Waals surface area contributed by atoms with E-state index >= 15 is 0 Å². The van der Waals surface area contributed by atoms with Crippen molar-refractivity contribution in [3.05, 3.63) is 118 Å². The van der Waals surface area contributed by atoms with Crippen LogP contribution in [0, 0.1) is 13.8 Å². The summed E-state index contributed by atoms with van der Waals surface area (Å²) in [6.45, 7) is 6.75. The van der Waals surface area contributed by atoms with E-state index in [4.69, 9.17) is 4.74 Å².